The first kappa shape index (κ1) is 23.8. The average Bonchev–Trinajstić information content (AvgIpc) is 2.77. The van der Waals surface area contributed by atoms with Gasteiger partial charge in [0.05, 0.1) is 22.2 Å². The summed E-state index contributed by atoms with van der Waals surface area (Å²) in [6.07, 6.45) is 0. The highest BCUT2D eigenvalue weighted by molar-refractivity contribution is 6.39. The van der Waals surface area contributed by atoms with Crippen molar-refractivity contribution in [3.05, 3.63) is 81.8 Å². The van der Waals surface area contributed by atoms with Crippen LogP contribution in [0.15, 0.2) is 60.7 Å². The van der Waals surface area contributed by atoms with Crippen molar-refractivity contribution in [3.8, 4) is 17.2 Å². The maximum atomic E-state index is 14.5. The number of halogens is 3. The van der Waals surface area contributed by atoms with E-state index in [1.807, 2.05) is 0 Å². The molecule has 0 fully saturated rings. The fourth-order valence-electron chi connectivity index (χ4n) is 2.73. The number of carbonyl (C=O) groups is 3. The number of carboxylic acids is 1. The Bertz CT molecular complexity index is 1200. The number of carboxylic acid groups (broad SMARTS) is 1. The smallest absolute Gasteiger partial charge is 0.394 e. The Labute approximate surface area is 196 Å². The summed E-state index contributed by atoms with van der Waals surface area (Å²) in [5, 5.41) is 20.6. The Morgan fingerprint density at radius 1 is 1.00 bits per heavy atom. The zero-order valence-corrected chi connectivity index (χ0v) is 18.1. The average molecular weight is 493 g/mol. The summed E-state index contributed by atoms with van der Waals surface area (Å²) in [5.74, 6) is -4.60. The van der Waals surface area contributed by atoms with Crippen molar-refractivity contribution in [1.29, 1.82) is 0 Å². The Kier molecular flexibility index (Phi) is 7.37. The molecule has 33 heavy (non-hydrogen) atoms. The molecule has 3 aromatic carbocycles. The molecule has 3 rings (SSSR count). The molecule has 0 aromatic heterocycles. The minimum Gasteiger partial charge on any atom is -0.507 e. The van der Waals surface area contributed by atoms with Gasteiger partial charge in [0.15, 0.2) is 5.75 Å². The van der Waals surface area contributed by atoms with Gasteiger partial charge < -0.3 is 20.3 Å². The van der Waals surface area contributed by atoms with E-state index in [2.05, 4.69) is 5.32 Å². The van der Waals surface area contributed by atoms with Gasteiger partial charge in [-0.05, 0) is 35.9 Å². The third-order valence-corrected chi connectivity index (χ3v) is 4.81. The van der Waals surface area contributed by atoms with Crippen molar-refractivity contribution in [3.63, 3.8) is 0 Å². The number of hydrogen-bond donors (Lipinski definition) is 3. The molecule has 0 spiro atoms. The minimum atomic E-state index is -1.70. The van der Waals surface area contributed by atoms with Crippen molar-refractivity contribution in [2.75, 3.05) is 5.32 Å². The van der Waals surface area contributed by atoms with Gasteiger partial charge in [-0.25, -0.2) is 4.79 Å². The van der Waals surface area contributed by atoms with Crippen LogP contribution in [0.5, 0.6) is 17.2 Å². The van der Waals surface area contributed by atoms with Gasteiger partial charge in [-0.1, -0.05) is 58.0 Å². The first-order valence-corrected chi connectivity index (χ1v) is 9.97. The first-order chi connectivity index (χ1) is 15.7. The van der Waals surface area contributed by atoms with Crippen molar-refractivity contribution in [2.24, 2.45) is 0 Å². The molecule has 0 aliphatic carbocycles. The highest BCUT2D eigenvalue weighted by Crippen LogP contribution is 2.39. The fraction of sp³-hybridized carbons (Fsp3) is 0.0455. The second-order valence-electron chi connectivity index (χ2n) is 6.62. The molecule has 0 saturated carbocycles. The van der Waals surface area contributed by atoms with Gasteiger partial charge in [0.2, 0.25) is 0 Å². The molecular weight excluding hydrogens is 478 g/mol. The SMILES string of the molecule is O=C(O)C(=O)Nc1cc(Cl)c(Oc2ccc(O)c(C(=O)N(F)Cc3ccccc3)c2)c(Cl)c1. The monoisotopic (exact) mass is 492 g/mol. The topological polar surface area (TPSA) is 116 Å². The van der Waals surface area contributed by atoms with Crippen LogP contribution in [0.3, 0.4) is 0 Å². The van der Waals surface area contributed by atoms with Gasteiger partial charge in [-0.3, -0.25) is 9.59 Å². The quantitative estimate of drug-likeness (QED) is 0.327. The molecule has 3 N–H and O–H groups in total. The van der Waals surface area contributed by atoms with Crippen LogP contribution >= 0.6 is 23.2 Å². The summed E-state index contributed by atoms with van der Waals surface area (Å²) >= 11 is 12.3. The standard InChI is InChI=1S/C22H15Cl2FN2O6/c23-16-8-13(26-20(29)22(31)32)9-17(24)19(16)33-14-6-7-18(28)15(10-14)21(30)27(25)11-12-4-2-1-3-5-12/h1-10,28H,11H2,(H,26,29)(H,31,32). The third-order valence-electron chi connectivity index (χ3n) is 4.25. The lowest BCUT2D eigenvalue weighted by Crippen LogP contribution is -2.22. The van der Waals surface area contributed by atoms with E-state index in [9.17, 15) is 24.0 Å². The number of anilines is 1. The van der Waals surface area contributed by atoms with E-state index in [-0.39, 0.29) is 44.5 Å². The van der Waals surface area contributed by atoms with Crippen molar-refractivity contribution in [1.82, 2.24) is 5.12 Å². The number of rotatable bonds is 6. The molecule has 0 atom stereocenters. The molecule has 0 saturated heterocycles. The van der Waals surface area contributed by atoms with Crippen LogP contribution in [-0.2, 0) is 16.1 Å². The van der Waals surface area contributed by atoms with E-state index in [1.54, 1.807) is 30.3 Å². The normalized spacial score (nSPS) is 10.4. The largest absolute Gasteiger partial charge is 0.507 e. The van der Waals surface area contributed by atoms with Crippen LogP contribution in [0.2, 0.25) is 10.0 Å². The van der Waals surface area contributed by atoms with Crippen LogP contribution in [0, 0.1) is 0 Å². The summed E-state index contributed by atoms with van der Waals surface area (Å²) in [6.45, 7) is -0.328. The van der Waals surface area contributed by atoms with Gasteiger partial charge in [0, 0.05) is 5.69 Å². The summed E-state index contributed by atoms with van der Waals surface area (Å²) in [6, 6.07) is 14.4. The molecule has 3 aromatic rings. The highest BCUT2D eigenvalue weighted by atomic mass is 35.5. The zero-order chi connectivity index (χ0) is 24.1. The molecule has 0 bridgehead atoms. The van der Waals surface area contributed by atoms with Gasteiger partial charge in [-0.15, -0.1) is 0 Å². The molecule has 0 aliphatic heterocycles. The molecular formula is C22H15Cl2FN2O6. The second-order valence-corrected chi connectivity index (χ2v) is 7.43. The molecule has 8 nitrogen and oxygen atoms in total. The number of hydrogen-bond acceptors (Lipinski definition) is 5. The van der Waals surface area contributed by atoms with E-state index in [1.165, 1.54) is 18.2 Å². The number of amides is 2. The van der Waals surface area contributed by atoms with Gasteiger partial charge in [0.1, 0.15) is 11.5 Å². The predicted molar refractivity (Wildman–Crippen MR) is 118 cm³/mol. The van der Waals surface area contributed by atoms with Gasteiger partial charge in [-0.2, -0.15) is 5.12 Å². The van der Waals surface area contributed by atoms with Crippen molar-refractivity contribution < 1.29 is 33.8 Å². The number of carbonyl (C=O) groups excluding carboxylic acids is 2. The number of benzene rings is 3. The Morgan fingerprint density at radius 3 is 2.24 bits per heavy atom. The molecule has 0 radical (unpaired) electrons. The Hall–Kier alpha value is -3.82. The lowest BCUT2D eigenvalue weighted by Gasteiger charge is -2.15. The molecule has 2 amide bonds. The van der Waals surface area contributed by atoms with E-state index in [0.29, 0.717) is 5.56 Å². The van der Waals surface area contributed by atoms with Gasteiger partial charge >= 0.3 is 11.9 Å². The maximum absolute atomic E-state index is 14.5. The summed E-state index contributed by atoms with van der Waals surface area (Å²) in [7, 11) is 0. The predicted octanol–water partition coefficient (Wildman–Crippen LogP) is 5.04. The van der Waals surface area contributed by atoms with E-state index in [4.69, 9.17) is 33.0 Å². The number of nitrogens with one attached hydrogen (secondary N) is 1. The second kappa shape index (κ2) is 10.2. The zero-order valence-electron chi connectivity index (χ0n) is 16.6. The molecule has 11 heteroatoms. The summed E-state index contributed by atoms with van der Waals surface area (Å²) in [5.41, 5.74) is 0.206. The van der Waals surface area contributed by atoms with Crippen molar-refractivity contribution in [2.45, 2.75) is 6.54 Å². The highest BCUT2D eigenvalue weighted by Gasteiger charge is 2.21. The summed E-state index contributed by atoms with van der Waals surface area (Å²) < 4.78 is 20.0. The number of aromatic hydroxyl groups is 1. The van der Waals surface area contributed by atoms with Crippen LogP contribution in [0.25, 0.3) is 0 Å². The van der Waals surface area contributed by atoms with Crippen LogP contribution in [0.4, 0.5) is 10.2 Å². The molecule has 0 heterocycles. The van der Waals surface area contributed by atoms with Crippen LogP contribution in [0.1, 0.15) is 15.9 Å². The van der Waals surface area contributed by atoms with Crippen LogP contribution < -0.4 is 10.1 Å². The Balaban J connectivity index is 1.81. The van der Waals surface area contributed by atoms with Gasteiger partial charge in [0.25, 0.3) is 5.91 Å². The molecule has 0 aliphatic rings. The van der Waals surface area contributed by atoms with E-state index in [0.717, 1.165) is 12.1 Å². The molecule has 170 valence electrons. The first-order valence-electron chi connectivity index (χ1n) is 9.21. The lowest BCUT2D eigenvalue weighted by atomic mass is 10.1. The number of phenols is 1. The number of ether oxygens (including phenoxy) is 1. The van der Waals surface area contributed by atoms with Crippen LogP contribution in [-0.4, -0.2) is 33.1 Å². The Morgan fingerprint density at radius 2 is 1.64 bits per heavy atom. The fourth-order valence-corrected chi connectivity index (χ4v) is 3.29. The van der Waals surface area contributed by atoms with E-state index >= 15 is 0 Å². The van der Waals surface area contributed by atoms with E-state index < -0.39 is 23.5 Å². The van der Waals surface area contributed by atoms with Crippen molar-refractivity contribution >= 4 is 46.7 Å². The maximum Gasteiger partial charge on any atom is 0.394 e. The number of phenolic OH excluding ortho intramolecular Hbond substituents is 1. The third kappa shape index (κ3) is 5.91. The molecule has 0 unspecified atom stereocenters. The number of nitrogens with zero attached hydrogens (tertiary/aromatic N) is 1. The lowest BCUT2D eigenvalue weighted by molar-refractivity contribution is -0.147. The summed E-state index contributed by atoms with van der Waals surface area (Å²) in [4.78, 5) is 34.5. The minimum absolute atomic E-state index is 0.00961. The number of aliphatic carboxylic acids is 1.